The molecular formula is C24H42O3S. The molecule has 1 aromatic carbocycles. The second-order valence-electron chi connectivity index (χ2n) is 8.37. The fraction of sp³-hybridized carbons (Fsp3) is 0.750. The van der Waals surface area contributed by atoms with Crippen LogP contribution in [0.25, 0.3) is 0 Å². The molecule has 0 saturated carbocycles. The summed E-state index contributed by atoms with van der Waals surface area (Å²) in [6.45, 7) is 4.91. The van der Waals surface area contributed by atoms with Gasteiger partial charge in [0, 0.05) is 0 Å². The summed E-state index contributed by atoms with van der Waals surface area (Å²) in [5.41, 5.74) is 0. The van der Waals surface area contributed by atoms with E-state index in [0.717, 1.165) is 18.8 Å². The Morgan fingerprint density at radius 2 is 1.11 bits per heavy atom. The number of hydrogen-bond donors (Lipinski definition) is 0. The zero-order valence-electron chi connectivity index (χ0n) is 18.2. The van der Waals surface area contributed by atoms with E-state index in [1.807, 2.05) is 0 Å². The Hall–Kier alpha value is -0.870. The van der Waals surface area contributed by atoms with Crippen molar-refractivity contribution in [1.29, 1.82) is 0 Å². The van der Waals surface area contributed by atoms with Crippen molar-refractivity contribution >= 4 is 10.1 Å². The summed E-state index contributed by atoms with van der Waals surface area (Å²) >= 11 is 0. The topological polar surface area (TPSA) is 43.4 Å². The third-order valence-corrected chi connectivity index (χ3v) is 6.52. The van der Waals surface area contributed by atoms with Crippen molar-refractivity contribution < 1.29 is 12.6 Å². The summed E-state index contributed by atoms with van der Waals surface area (Å²) in [5.74, 6) is 0.856. The van der Waals surface area contributed by atoms with Gasteiger partial charge in [-0.15, -0.1) is 0 Å². The summed E-state index contributed by atoms with van der Waals surface area (Å²) < 4.78 is 29.0. The highest BCUT2D eigenvalue weighted by atomic mass is 32.2. The molecule has 0 spiro atoms. The first-order chi connectivity index (χ1) is 13.5. The minimum absolute atomic E-state index is 0.241. The molecule has 0 bridgehead atoms. The molecule has 1 rings (SSSR count). The Balaban J connectivity index is 1.83. The lowest BCUT2D eigenvalue weighted by molar-refractivity contribution is 0.306. The predicted molar refractivity (Wildman–Crippen MR) is 119 cm³/mol. The maximum Gasteiger partial charge on any atom is 0.296 e. The van der Waals surface area contributed by atoms with Crippen LogP contribution in [0, 0.1) is 5.92 Å². The van der Waals surface area contributed by atoms with E-state index in [1.54, 1.807) is 30.3 Å². The molecule has 3 nitrogen and oxygen atoms in total. The first kappa shape index (κ1) is 25.2. The molecule has 1 aromatic rings. The van der Waals surface area contributed by atoms with Gasteiger partial charge in [-0.25, -0.2) is 0 Å². The molecule has 28 heavy (non-hydrogen) atoms. The molecular weight excluding hydrogens is 368 g/mol. The van der Waals surface area contributed by atoms with Crippen LogP contribution in [-0.2, 0) is 14.3 Å². The normalized spacial score (nSPS) is 12.0. The van der Waals surface area contributed by atoms with Gasteiger partial charge in [-0.05, 0) is 24.5 Å². The molecule has 162 valence electrons. The van der Waals surface area contributed by atoms with Crippen LogP contribution in [0.2, 0.25) is 0 Å². The number of unbranched alkanes of at least 4 members (excludes halogenated alkanes) is 12. The minimum atomic E-state index is -3.58. The molecule has 0 aliphatic heterocycles. The van der Waals surface area contributed by atoms with Gasteiger partial charge in [0.25, 0.3) is 10.1 Å². The average molecular weight is 411 g/mol. The molecule has 0 N–H and O–H groups in total. The first-order valence-electron chi connectivity index (χ1n) is 11.5. The van der Waals surface area contributed by atoms with E-state index in [1.165, 1.54) is 77.0 Å². The molecule has 0 heterocycles. The Kier molecular flexibility index (Phi) is 14.4. The third-order valence-electron chi connectivity index (χ3n) is 5.20. The lowest BCUT2D eigenvalue weighted by Crippen LogP contribution is -2.07. The fourth-order valence-corrected chi connectivity index (χ4v) is 4.39. The zero-order valence-corrected chi connectivity index (χ0v) is 19.0. The molecule has 0 fully saturated rings. The zero-order chi connectivity index (χ0) is 20.5. The maximum atomic E-state index is 12.0. The number of benzene rings is 1. The lowest BCUT2D eigenvalue weighted by Gasteiger charge is -2.06. The molecule has 0 amide bonds. The highest BCUT2D eigenvalue weighted by Crippen LogP contribution is 2.15. The number of rotatable bonds is 18. The monoisotopic (exact) mass is 410 g/mol. The molecule has 0 aliphatic carbocycles. The SMILES string of the molecule is CC(C)CCCCCCCCCCCCCCCOS(=O)(=O)c1ccccc1. The van der Waals surface area contributed by atoms with Crippen LogP contribution in [-0.4, -0.2) is 15.0 Å². The average Bonchev–Trinajstić information content (AvgIpc) is 2.68. The quantitative estimate of drug-likeness (QED) is 0.186. The van der Waals surface area contributed by atoms with E-state index < -0.39 is 10.1 Å². The third kappa shape index (κ3) is 13.3. The van der Waals surface area contributed by atoms with Crippen molar-refractivity contribution in [2.45, 2.75) is 109 Å². The Morgan fingerprint density at radius 3 is 1.57 bits per heavy atom. The minimum Gasteiger partial charge on any atom is -0.266 e. The van der Waals surface area contributed by atoms with Crippen molar-refractivity contribution in [3.8, 4) is 0 Å². The van der Waals surface area contributed by atoms with Gasteiger partial charge in [0.15, 0.2) is 0 Å². The van der Waals surface area contributed by atoms with E-state index >= 15 is 0 Å². The summed E-state index contributed by atoms with van der Waals surface area (Å²) in [4.78, 5) is 0.241. The fourth-order valence-electron chi connectivity index (χ4n) is 3.42. The largest absolute Gasteiger partial charge is 0.296 e. The van der Waals surface area contributed by atoms with Crippen LogP contribution in [0.3, 0.4) is 0 Å². The predicted octanol–water partition coefficient (Wildman–Crippen LogP) is 7.51. The molecule has 0 unspecified atom stereocenters. The van der Waals surface area contributed by atoms with Crippen molar-refractivity contribution in [3.63, 3.8) is 0 Å². The van der Waals surface area contributed by atoms with Crippen LogP contribution in [0.4, 0.5) is 0 Å². The highest BCUT2D eigenvalue weighted by Gasteiger charge is 2.13. The first-order valence-corrected chi connectivity index (χ1v) is 12.9. The van der Waals surface area contributed by atoms with E-state index in [4.69, 9.17) is 4.18 Å². The molecule has 0 atom stereocenters. The molecule has 4 heteroatoms. The Labute approximate surface area is 174 Å². The van der Waals surface area contributed by atoms with Gasteiger partial charge in [-0.3, -0.25) is 4.18 Å². The summed E-state index contributed by atoms with van der Waals surface area (Å²) in [6.07, 6.45) is 18.1. The van der Waals surface area contributed by atoms with Gasteiger partial charge < -0.3 is 0 Å². The van der Waals surface area contributed by atoms with E-state index in [2.05, 4.69) is 13.8 Å². The highest BCUT2D eigenvalue weighted by molar-refractivity contribution is 7.86. The molecule has 0 saturated heterocycles. The standard InChI is InChI=1S/C24H42O3S/c1-23(2)19-15-12-10-8-6-4-3-5-7-9-11-13-18-22-27-28(25,26)24-20-16-14-17-21-24/h14,16-17,20-21,23H,3-13,15,18-19,22H2,1-2H3. The maximum absolute atomic E-state index is 12.0. The lowest BCUT2D eigenvalue weighted by atomic mass is 10.0. The second kappa shape index (κ2) is 16.0. The summed E-state index contributed by atoms with van der Waals surface area (Å²) in [7, 11) is -3.58. The van der Waals surface area contributed by atoms with Gasteiger partial charge in [0.05, 0.1) is 11.5 Å². The summed E-state index contributed by atoms with van der Waals surface area (Å²) in [5, 5.41) is 0. The van der Waals surface area contributed by atoms with Crippen LogP contribution in [0.15, 0.2) is 35.2 Å². The van der Waals surface area contributed by atoms with Gasteiger partial charge in [0.2, 0.25) is 0 Å². The Bertz CT molecular complexity index is 567. The molecule has 0 aliphatic rings. The van der Waals surface area contributed by atoms with Crippen LogP contribution < -0.4 is 0 Å². The summed E-state index contributed by atoms with van der Waals surface area (Å²) in [6, 6.07) is 8.37. The van der Waals surface area contributed by atoms with Crippen molar-refractivity contribution in [2.75, 3.05) is 6.61 Å². The Morgan fingerprint density at radius 1 is 0.679 bits per heavy atom. The number of hydrogen-bond acceptors (Lipinski definition) is 3. The molecule has 0 radical (unpaired) electrons. The van der Waals surface area contributed by atoms with E-state index in [9.17, 15) is 8.42 Å². The van der Waals surface area contributed by atoms with Crippen molar-refractivity contribution in [2.24, 2.45) is 5.92 Å². The van der Waals surface area contributed by atoms with Gasteiger partial charge in [-0.1, -0.05) is 116 Å². The van der Waals surface area contributed by atoms with Crippen molar-refractivity contribution in [3.05, 3.63) is 30.3 Å². The van der Waals surface area contributed by atoms with Crippen molar-refractivity contribution in [1.82, 2.24) is 0 Å². The van der Waals surface area contributed by atoms with Gasteiger partial charge in [-0.2, -0.15) is 8.42 Å². The smallest absolute Gasteiger partial charge is 0.266 e. The van der Waals surface area contributed by atoms with Gasteiger partial charge in [0.1, 0.15) is 0 Å². The van der Waals surface area contributed by atoms with E-state index in [0.29, 0.717) is 0 Å². The van der Waals surface area contributed by atoms with Gasteiger partial charge >= 0.3 is 0 Å². The van der Waals surface area contributed by atoms with Crippen LogP contribution >= 0.6 is 0 Å². The van der Waals surface area contributed by atoms with Crippen LogP contribution in [0.5, 0.6) is 0 Å². The molecule has 0 aromatic heterocycles. The van der Waals surface area contributed by atoms with E-state index in [-0.39, 0.29) is 11.5 Å². The van der Waals surface area contributed by atoms with Crippen LogP contribution in [0.1, 0.15) is 104 Å². The second-order valence-corrected chi connectivity index (χ2v) is 9.98.